The maximum atomic E-state index is 5.25. The minimum absolute atomic E-state index is 0.874. The van der Waals surface area contributed by atoms with E-state index in [4.69, 9.17) is 4.42 Å². The topological polar surface area (TPSA) is 11.3 Å². The fourth-order valence-corrected chi connectivity index (χ4v) is 3.32. The van der Waals surface area contributed by atoms with Gasteiger partial charge in [-0.1, -0.05) is 84.9 Å². The summed E-state index contributed by atoms with van der Waals surface area (Å²) in [4.78, 5) is 0. The molecule has 1 nitrogen and oxygen atoms in total. The van der Waals surface area contributed by atoms with Crippen LogP contribution in [0.25, 0.3) is 11.1 Å². The minimum atomic E-state index is 0.874. The van der Waals surface area contributed by atoms with Crippen molar-refractivity contribution in [3.05, 3.63) is 131 Å². The first kappa shape index (κ1) is 17.0. The summed E-state index contributed by atoms with van der Waals surface area (Å²) >= 11 is 0. The Labute approximate surface area is 159 Å². The van der Waals surface area contributed by atoms with Gasteiger partial charge in [0.2, 0.25) is 0 Å². The van der Waals surface area contributed by atoms with Crippen LogP contribution in [0.2, 0.25) is 0 Å². The predicted octanol–water partition coefficient (Wildman–Crippen LogP) is 3.95. The average Bonchev–Trinajstić information content (AvgIpc) is 2.76. The number of ketones is 1. The first-order valence-corrected chi connectivity index (χ1v) is 9.08. The summed E-state index contributed by atoms with van der Waals surface area (Å²) < 4.78 is 5.25. The number of benzene rings is 3. The fourth-order valence-electron chi connectivity index (χ4n) is 3.32. The van der Waals surface area contributed by atoms with Crippen LogP contribution < -0.4 is 10.4 Å². The third kappa shape index (κ3) is 3.73. The SMILES string of the molecule is C[O+]=C1C=CC(=c2ccc(=C(c3ccccc3)c3ccccc3)cc2)C=C1. The van der Waals surface area contributed by atoms with Crippen molar-refractivity contribution >= 4 is 16.9 Å². The molecule has 3 aromatic carbocycles. The second-order valence-corrected chi connectivity index (χ2v) is 6.41. The van der Waals surface area contributed by atoms with Gasteiger partial charge in [0, 0.05) is 12.2 Å². The third-order valence-electron chi connectivity index (χ3n) is 4.72. The molecule has 1 aliphatic rings. The molecule has 0 heterocycles. The van der Waals surface area contributed by atoms with Crippen LogP contribution in [0.5, 0.6) is 0 Å². The van der Waals surface area contributed by atoms with Gasteiger partial charge >= 0.3 is 5.78 Å². The highest BCUT2D eigenvalue weighted by Gasteiger charge is 2.07. The lowest BCUT2D eigenvalue weighted by Gasteiger charge is -2.09. The Bertz CT molecular complexity index is 1060. The average molecular weight is 349 g/mol. The van der Waals surface area contributed by atoms with E-state index in [2.05, 4.69) is 97.1 Å². The van der Waals surface area contributed by atoms with E-state index in [0.717, 1.165) is 5.78 Å². The van der Waals surface area contributed by atoms with Crippen molar-refractivity contribution in [1.29, 1.82) is 0 Å². The summed E-state index contributed by atoms with van der Waals surface area (Å²) in [5, 5.41) is 2.41. The molecule has 130 valence electrons. The first-order valence-electron chi connectivity index (χ1n) is 9.08. The molecular weight excluding hydrogens is 328 g/mol. The van der Waals surface area contributed by atoms with Crippen molar-refractivity contribution in [2.24, 2.45) is 0 Å². The summed E-state index contributed by atoms with van der Waals surface area (Å²) in [6.07, 6.45) is 8.17. The van der Waals surface area contributed by atoms with E-state index < -0.39 is 0 Å². The molecule has 4 rings (SSSR count). The van der Waals surface area contributed by atoms with E-state index in [1.807, 2.05) is 12.2 Å². The molecule has 0 aliphatic heterocycles. The standard InChI is InChI=1S/C26H21O/c1-27-25-18-16-21(17-19-25)20-12-14-24(15-13-20)26(22-8-4-2-5-9-22)23-10-6-3-7-11-23/h2-19H,1H3/q+1. The largest absolute Gasteiger partial charge is 0.343 e. The molecule has 0 atom stereocenters. The van der Waals surface area contributed by atoms with Gasteiger partial charge in [-0.2, -0.15) is 0 Å². The Balaban J connectivity index is 1.88. The number of carbonyl (C=O) groups excluding carboxylic acids is 1. The summed E-state index contributed by atoms with van der Waals surface area (Å²) in [5.74, 6) is 0.874. The lowest BCUT2D eigenvalue weighted by atomic mass is 9.95. The van der Waals surface area contributed by atoms with Crippen LogP contribution in [0, 0.1) is 0 Å². The molecule has 0 spiro atoms. The third-order valence-corrected chi connectivity index (χ3v) is 4.72. The summed E-state index contributed by atoms with van der Waals surface area (Å²) in [7, 11) is 1.69. The highest BCUT2D eigenvalue weighted by Crippen LogP contribution is 2.20. The number of hydrogen-bond acceptors (Lipinski definition) is 0. The van der Waals surface area contributed by atoms with Crippen LogP contribution in [0.3, 0.4) is 0 Å². The minimum Gasteiger partial charge on any atom is -0.258 e. The van der Waals surface area contributed by atoms with Gasteiger partial charge in [0.25, 0.3) is 7.11 Å². The van der Waals surface area contributed by atoms with E-state index >= 15 is 0 Å². The molecule has 0 fully saturated rings. The normalized spacial score (nSPS) is 12.9. The van der Waals surface area contributed by atoms with Crippen LogP contribution in [0.15, 0.2) is 109 Å². The Morgan fingerprint density at radius 2 is 1.11 bits per heavy atom. The molecule has 3 aromatic rings. The number of rotatable bonds is 2. The Hall–Kier alpha value is -3.45. The van der Waals surface area contributed by atoms with Crippen LogP contribution in [0.1, 0.15) is 11.1 Å². The van der Waals surface area contributed by atoms with E-state index in [1.165, 1.54) is 32.7 Å². The van der Waals surface area contributed by atoms with Gasteiger partial charge in [-0.3, -0.25) is 4.42 Å². The Morgan fingerprint density at radius 1 is 0.593 bits per heavy atom. The lowest BCUT2D eigenvalue weighted by molar-refractivity contribution is -0.417. The highest BCUT2D eigenvalue weighted by molar-refractivity contribution is 6.04. The van der Waals surface area contributed by atoms with E-state index in [-0.39, 0.29) is 0 Å². The molecule has 0 radical (unpaired) electrons. The smallest absolute Gasteiger partial charge is 0.258 e. The zero-order valence-electron chi connectivity index (χ0n) is 15.3. The summed E-state index contributed by atoms with van der Waals surface area (Å²) in [5.41, 5.74) is 4.88. The van der Waals surface area contributed by atoms with Crippen molar-refractivity contribution in [2.75, 3.05) is 7.11 Å². The maximum absolute atomic E-state index is 5.25. The van der Waals surface area contributed by atoms with Crippen molar-refractivity contribution in [2.45, 2.75) is 0 Å². The van der Waals surface area contributed by atoms with Gasteiger partial charge < -0.3 is 0 Å². The first-order chi connectivity index (χ1) is 13.3. The molecule has 0 N–H and O–H groups in total. The molecule has 0 amide bonds. The van der Waals surface area contributed by atoms with Crippen molar-refractivity contribution in [3.8, 4) is 0 Å². The second kappa shape index (κ2) is 7.84. The van der Waals surface area contributed by atoms with Gasteiger partial charge in [0.15, 0.2) is 0 Å². The lowest BCUT2D eigenvalue weighted by Crippen LogP contribution is -2.14. The van der Waals surface area contributed by atoms with Crippen LogP contribution in [-0.4, -0.2) is 12.9 Å². The van der Waals surface area contributed by atoms with Crippen LogP contribution >= 0.6 is 0 Å². The molecule has 0 aromatic heterocycles. The molecule has 1 heteroatoms. The Kier molecular flexibility index (Phi) is 4.93. The molecule has 0 saturated heterocycles. The van der Waals surface area contributed by atoms with Crippen molar-refractivity contribution in [3.63, 3.8) is 0 Å². The zero-order valence-corrected chi connectivity index (χ0v) is 15.3. The van der Waals surface area contributed by atoms with E-state index in [1.54, 1.807) is 7.11 Å². The van der Waals surface area contributed by atoms with E-state index in [0.29, 0.717) is 0 Å². The molecule has 0 bridgehead atoms. The zero-order chi connectivity index (χ0) is 18.5. The molecule has 0 unspecified atom stereocenters. The van der Waals surface area contributed by atoms with Crippen LogP contribution in [-0.2, 0) is 4.42 Å². The van der Waals surface area contributed by atoms with Gasteiger partial charge in [0.1, 0.15) is 0 Å². The van der Waals surface area contributed by atoms with Gasteiger partial charge in [-0.05, 0) is 44.9 Å². The monoisotopic (exact) mass is 349 g/mol. The quantitative estimate of drug-likeness (QED) is 0.621. The Morgan fingerprint density at radius 3 is 1.59 bits per heavy atom. The van der Waals surface area contributed by atoms with Gasteiger partial charge in [-0.15, -0.1) is 0 Å². The summed E-state index contributed by atoms with van der Waals surface area (Å²) in [6.45, 7) is 0. The van der Waals surface area contributed by atoms with Crippen molar-refractivity contribution < 1.29 is 4.42 Å². The second-order valence-electron chi connectivity index (χ2n) is 6.41. The number of hydrogen-bond donors (Lipinski definition) is 0. The highest BCUT2D eigenvalue weighted by atomic mass is 16.4. The molecular formula is C26H21O+. The maximum Gasteiger partial charge on any atom is 0.343 e. The molecule has 27 heavy (non-hydrogen) atoms. The summed E-state index contributed by atoms with van der Waals surface area (Å²) in [6, 6.07) is 29.9. The van der Waals surface area contributed by atoms with Crippen molar-refractivity contribution in [1.82, 2.24) is 0 Å². The molecule has 0 saturated carbocycles. The van der Waals surface area contributed by atoms with Crippen LogP contribution in [0.4, 0.5) is 0 Å². The predicted molar refractivity (Wildman–Crippen MR) is 113 cm³/mol. The fraction of sp³-hybridized carbons (Fsp3) is 0.0385. The van der Waals surface area contributed by atoms with E-state index in [9.17, 15) is 0 Å². The van der Waals surface area contributed by atoms with Gasteiger partial charge in [-0.25, -0.2) is 0 Å². The molecule has 1 aliphatic carbocycles. The number of allylic oxidation sites excluding steroid dienone is 4. The van der Waals surface area contributed by atoms with Gasteiger partial charge in [0.05, 0.1) is 0 Å².